The maximum Gasteiger partial charge on any atom is 0.338 e. The average Bonchev–Trinajstić information content (AvgIpc) is 2.25. The maximum absolute atomic E-state index is 11.3. The molecule has 0 aromatic heterocycles. The van der Waals surface area contributed by atoms with Gasteiger partial charge in [-0.3, -0.25) is 0 Å². The largest absolute Gasteiger partial charge is 0.431 e. The minimum atomic E-state index is -0.450. The van der Waals surface area contributed by atoms with Crippen molar-refractivity contribution in [2.24, 2.45) is 11.8 Å². The summed E-state index contributed by atoms with van der Waals surface area (Å²) in [6.07, 6.45) is -0.761. The van der Waals surface area contributed by atoms with E-state index >= 15 is 0 Å². The predicted octanol–water partition coefficient (Wildman–Crippen LogP) is 0.308. The highest BCUT2D eigenvalue weighted by Crippen LogP contribution is 2.44. The number of hydrogen-bond acceptors (Lipinski definition) is 4. The first kappa shape index (κ1) is 7.76. The lowest BCUT2D eigenvalue weighted by Crippen LogP contribution is -2.53. The first-order valence-electron chi connectivity index (χ1n) is 4.70. The number of esters is 1. The van der Waals surface area contributed by atoms with Crippen LogP contribution in [0.5, 0.6) is 0 Å². The smallest absolute Gasteiger partial charge is 0.338 e. The molecule has 3 aliphatic heterocycles. The second-order valence-electron chi connectivity index (χ2n) is 4.15. The lowest BCUT2D eigenvalue weighted by atomic mass is 9.84. The van der Waals surface area contributed by atoms with E-state index < -0.39 is 12.4 Å². The van der Waals surface area contributed by atoms with Gasteiger partial charge in [-0.25, -0.2) is 4.79 Å². The van der Waals surface area contributed by atoms with Gasteiger partial charge in [-0.15, -0.1) is 0 Å². The van der Waals surface area contributed by atoms with Crippen LogP contribution in [-0.2, 0) is 19.0 Å². The summed E-state index contributed by atoms with van der Waals surface area (Å²) in [4.78, 5) is 11.3. The third-order valence-electron chi connectivity index (χ3n) is 3.36. The molecular formula is C9H12O4. The fraction of sp³-hybridized carbons (Fsp3) is 0.889. The Bertz CT molecular complexity index is 264. The summed E-state index contributed by atoms with van der Waals surface area (Å²) in [6, 6.07) is 0. The third-order valence-corrected chi connectivity index (χ3v) is 3.36. The molecule has 0 radical (unpaired) electrons. The SMILES string of the molecule is C[C@@H]1C2O[C@@H]3OC(=O)[C@@H]1O[C@@H]3[C@H]2C. The van der Waals surface area contributed by atoms with Crippen LogP contribution in [0.1, 0.15) is 13.8 Å². The van der Waals surface area contributed by atoms with Crippen molar-refractivity contribution < 1.29 is 19.0 Å². The van der Waals surface area contributed by atoms with E-state index in [1.807, 2.05) is 6.92 Å². The highest BCUT2D eigenvalue weighted by atomic mass is 16.8. The van der Waals surface area contributed by atoms with E-state index in [4.69, 9.17) is 14.2 Å². The zero-order chi connectivity index (χ0) is 9.16. The van der Waals surface area contributed by atoms with Gasteiger partial charge in [0, 0.05) is 11.8 Å². The second-order valence-corrected chi connectivity index (χ2v) is 4.15. The minimum Gasteiger partial charge on any atom is -0.431 e. The molecular weight excluding hydrogens is 172 g/mol. The molecule has 0 aliphatic carbocycles. The molecule has 0 saturated carbocycles. The lowest BCUT2D eigenvalue weighted by molar-refractivity contribution is -0.225. The van der Waals surface area contributed by atoms with Crippen molar-refractivity contribution in [1.29, 1.82) is 0 Å². The van der Waals surface area contributed by atoms with Gasteiger partial charge in [0.05, 0.1) is 6.10 Å². The van der Waals surface area contributed by atoms with Crippen LogP contribution in [0.25, 0.3) is 0 Å². The normalized spacial score (nSPS) is 58.2. The number of carbonyl (C=O) groups is 1. The van der Waals surface area contributed by atoms with Crippen molar-refractivity contribution in [2.75, 3.05) is 0 Å². The van der Waals surface area contributed by atoms with Crippen molar-refractivity contribution in [3.8, 4) is 0 Å². The van der Waals surface area contributed by atoms with Crippen LogP contribution < -0.4 is 0 Å². The predicted molar refractivity (Wildman–Crippen MR) is 41.7 cm³/mol. The van der Waals surface area contributed by atoms with Crippen LogP contribution in [0.4, 0.5) is 0 Å². The monoisotopic (exact) mass is 184 g/mol. The van der Waals surface area contributed by atoms with Crippen LogP contribution in [0.15, 0.2) is 0 Å². The van der Waals surface area contributed by atoms with Gasteiger partial charge in [-0.2, -0.15) is 0 Å². The van der Waals surface area contributed by atoms with E-state index in [9.17, 15) is 4.79 Å². The van der Waals surface area contributed by atoms with Crippen molar-refractivity contribution in [2.45, 2.75) is 38.4 Å². The van der Waals surface area contributed by atoms with E-state index in [1.54, 1.807) is 0 Å². The van der Waals surface area contributed by atoms with Crippen molar-refractivity contribution in [3.63, 3.8) is 0 Å². The van der Waals surface area contributed by atoms with E-state index in [2.05, 4.69) is 6.92 Å². The molecule has 3 rings (SSSR count). The molecule has 0 N–H and O–H groups in total. The van der Waals surface area contributed by atoms with Crippen molar-refractivity contribution in [3.05, 3.63) is 0 Å². The molecule has 3 saturated heterocycles. The summed E-state index contributed by atoms with van der Waals surface area (Å²) < 4.78 is 16.3. The standard InChI is InChI=1S/C9H12O4/c1-3-5-4(2)7-9(12-5)13-8(10)6(3)11-7/h3-7,9H,1-2H3/t3-,4+,5?,6-,7-,9-/m1/s1. The Morgan fingerprint density at radius 1 is 1.08 bits per heavy atom. The van der Waals surface area contributed by atoms with Gasteiger partial charge in [0.25, 0.3) is 0 Å². The molecule has 3 bridgehead atoms. The van der Waals surface area contributed by atoms with Crippen LogP contribution in [0.3, 0.4) is 0 Å². The van der Waals surface area contributed by atoms with Crippen LogP contribution >= 0.6 is 0 Å². The second kappa shape index (κ2) is 2.25. The zero-order valence-corrected chi connectivity index (χ0v) is 7.60. The number of ether oxygens (including phenoxy) is 3. The van der Waals surface area contributed by atoms with E-state index in [0.717, 1.165) is 0 Å². The molecule has 13 heavy (non-hydrogen) atoms. The summed E-state index contributed by atoms with van der Waals surface area (Å²) in [5, 5.41) is 0. The summed E-state index contributed by atoms with van der Waals surface area (Å²) in [6.45, 7) is 4.07. The summed E-state index contributed by atoms with van der Waals surface area (Å²) in [5.41, 5.74) is 0. The Hall–Kier alpha value is -0.610. The third kappa shape index (κ3) is 0.802. The molecule has 0 spiro atoms. The first-order valence-corrected chi connectivity index (χ1v) is 4.70. The Labute approximate surface area is 76.1 Å². The molecule has 4 heteroatoms. The molecule has 3 fully saturated rings. The van der Waals surface area contributed by atoms with Gasteiger partial charge in [-0.05, 0) is 0 Å². The van der Waals surface area contributed by atoms with Crippen LogP contribution in [0.2, 0.25) is 0 Å². The maximum atomic E-state index is 11.3. The summed E-state index contributed by atoms with van der Waals surface area (Å²) >= 11 is 0. The highest BCUT2D eigenvalue weighted by Gasteiger charge is 2.59. The molecule has 3 aliphatic rings. The molecule has 1 unspecified atom stereocenters. The number of rotatable bonds is 0. The van der Waals surface area contributed by atoms with Gasteiger partial charge in [-0.1, -0.05) is 13.8 Å². The lowest BCUT2D eigenvalue weighted by Gasteiger charge is -2.38. The molecule has 6 atom stereocenters. The minimum absolute atomic E-state index is 0.0381. The Morgan fingerprint density at radius 2 is 1.85 bits per heavy atom. The summed E-state index contributed by atoms with van der Waals surface area (Å²) in [7, 11) is 0. The van der Waals surface area contributed by atoms with Gasteiger partial charge in [0.1, 0.15) is 6.10 Å². The molecule has 4 nitrogen and oxygen atoms in total. The molecule has 0 aromatic rings. The van der Waals surface area contributed by atoms with Gasteiger partial charge >= 0.3 is 5.97 Å². The first-order chi connectivity index (χ1) is 6.18. The molecule has 72 valence electrons. The number of fused-ring (bicyclic) bond motifs is 2. The van der Waals surface area contributed by atoms with Crippen molar-refractivity contribution >= 4 is 5.97 Å². The fourth-order valence-electron chi connectivity index (χ4n) is 2.59. The average molecular weight is 184 g/mol. The van der Waals surface area contributed by atoms with E-state index in [1.165, 1.54) is 0 Å². The topological polar surface area (TPSA) is 44.8 Å². The van der Waals surface area contributed by atoms with Crippen LogP contribution in [0, 0.1) is 11.8 Å². The van der Waals surface area contributed by atoms with Crippen molar-refractivity contribution in [1.82, 2.24) is 0 Å². The Morgan fingerprint density at radius 3 is 2.62 bits per heavy atom. The fourth-order valence-corrected chi connectivity index (χ4v) is 2.59. The highest BCUT2D eigenvalue weighted by molar-refractivity contribution is 5.76. The number of carbonyl (C=O) groups excluding carboxylic acids is 1. The molecule has 0 aromatic carbocycles. The molecule has 3 heterocycles. The summed E-state index contributed by atoms with van der Waals surface area (Å²) in [5.74, 6) is 0.193. The van der Waals surface area contributed by atoms with Gasteiger partial charge < -0.3 is 14.2 Å². The van der Waals surface area contributed by atoms with Gasteiger partial charge in [0.2, 0.25) is 6.29 Å². The van der Waals surface area contributed by atoms with E-state index in [-0.39, 0.29) is 24.1 Å². The Balaban J connectivity index is 2.02. The van der Waals surface area contributed by atoms with Crippen LogP contribution in [-0.4, -0.2) is 30.6 Å². The van der Waals surface area contributed by atoms with E-state index in [0.29, 0.717) is 5.92 Å². The quantitative estimate of drug-likeness (QED) is 0.508. The number of hydrogen-bond donors (Lipinski definition) is 0. The zero-order valence-electron chi connectivity index (χ0n) is 7.60. The molecule has 0 amide bonds. The Kier molecular flexibility index (Phi) is 1.34. The van der Waals surface area contributed by atoms with Gasteiger partial charge in [0.15, 0.2) is 6.10 Å².